The maximum Gasteiger partial charge on any atom is 0.306 e. The molecule has 206 valence electrons. The van der Waals surface area contributed by atoms with Gasteiger partial charge in [0, 0.05) is 51.3 Å². The Labute approximate surface area is 224 Å². The van der Waals surface area contributed by atoms with Crippen LogP contribution in [0.15, 0.2) is 12.1 Å². The van der Waals surface area contributed by atoms with Gasteiger partial charge in [-0.2, -0.15) is 0 Å². The Morgan fingerprint density at radius 3 is 2.84 bits per heavy atom. The van der Waals surface area contributed by atoms with E-state index in [2.05, 4.69) is 15.1 Å². The highest BCUT2D eigenvalue weighted by Crippen LogP contribution is 2.29. The van der Waals surface area contributed by atoms with Crippen LogP contribution in [0.25, 0.3) is 0 Å². The molecule has 4 rings (SSSR count). The summed E-state index contributed by atoms with van der Waals surface area (Å²) in [7, 11) is 0. The number of hydrogen-bond acceptors (Lipinski definition) is 8. The van der Waals surface area contributed by atoms with Crippen LogP contribution in [-0.4, -0.2) is 92.4 Å². The number of fused-ring (bicyclic) bond motifs is 1. The highest BCUT2D eigenvalue weighted by atomic mass is 35.5. The number of ether oxygens (including phenoxy) is 3. The smallest absolute Gasteiger partial charge is 0.306 e. The van der Waals surface area contributed by atoms with Crippen molar-refractivity contribution < 1.29 is 23.8 Å². The molecule has 0 aliphatic carbocycles. The third-order valence-electron chi connectivity index (χ3n) is 7.53. The summed E-state index contributed by atoms with van der Waals surface area (Å²) in [6.45, 7) is 7.77. The Kier molecular flexibility index (Phi) is 10.3. The molecular weight excluding hydrogens is 496 g/mol. The van der Waals surface area contributed by atoms with E-state index in [9.17, 15) is 9.59 Å². The maximum absolute atomic E-state index is 12.8. The van der Waals surface area contributed by atoms with Crippen LogP contribution >= 0.6 is 11.6 Å². The van der Waals surface area contributed by atoms with Gasteiger partial charge in [0.1, 0.15) is 11.9 Å². The average molecular weight is 537 g/mol. The topological polar surface area (TPSA) is 106 Å². The molecule has 0 saturated carbocycles. The predicted octanol–water partition coefficient (Wildman–Crippen LogP) is 3.09. The van der Waals surface area contributed by atoms with E-state index in [1.165, 1.54) is 18.9 Å². The number of nitrogens with zero attached hydrogens (tertiary/aromatic N) is 2. The number of carbonyl (C=O) groups is 2. The van der Waals surface area contributed by atoms with Crippen molar-refractivity contribution in [1.82, 2.24) is 15.1 Å². The summed E-state index contributed by atoms with van der Waals surface area (Å²) in [5, 5.41) is 3.25. The van der Waals surface area contributed by atoms with Crippen molar-refractivity contribution in [2.45, 2.75) is 70.1 Å². The molecule has 10 heteroatoms. The third-order valence-corrected chi connectivity index (χ3v) is 7.85. The van der Waals surface area contributed by atoms with Gasteiger partial charge in [0.05, 0.1) is 35.6 Å². The molecule has 1 amide bonds. The number of nitrogen functional groups attached to an aromatic ring is 1. The van der Waals surface area contributed by atoms with Gasteiger partial charge in [0.25, 0.3) is 5.91 Å². The molecule has 0 aromatic heterocycles. The molecule has 9 nitrogen and oxygen atoms in total. The Morgan fingerprint density at radius 1 is 1.19 bits per heavy atom. The van der Waals surface area contributed by atoms with Gasteiger partial charge < -0.3 is 25.3 Å². The average Bonchev–Trinajstić information content (AvgIpc) is 3.00. The molecule has 0 radical (unpaired) electrons. The van der Waals surface area contributed by atoms with Crippen molar-refractivity contribution in [2.24, 2.45) is 0 Å². The number of nitrogens with two attached hydrogens (primary N) is 1. The van der Waals surface area contributed by atoms with Crippen LogP contribution in [-0.2, 0) is 14.3 Å². The monoisotopic (exact) mass is 536 g/mol. The van der Waals surface area contributed by atoms with Crippen LogP contribution in [0.3, 0.4) is 0 Å². The second-order valence-corrected chi connectivity index (χ2v) is 10.7. The summed E-state index contributed by atoms with van der Waals surface area (Å²) in [6.07, 6.45) is 6.83. The predicted molar refractivity (Wildman–Crippen MR) is 143 cm³/mol. The number of hydrogen-bond donors (Lipinski definition) is 2. The number of nitrogens with one attached hydrogen (secondary N) is 1. The molecule has 3 aliphatic heterocycles. The molecule has 3 aliphatic rings. The number of morpholine rings is 1. The lowest BCUT2D eigenvalue weighted by atomic mass is 10.00. The number of amides is 1. The van der Waals surface area contributed by atoms with Gasteiger partial charge >= 0.3 is 5.97 Å². The van der Waals surface area contributed by atoms with Crippen molar-refractivity contribution >= 4 is 29.2 Å². The maximum atomic E-state index is 12.8. The van der Waals surface area contributed by atoms with Crippen molar-refractivity contribution in [3.05, 3.63) is 22.7 Å². The molecule has 37 heavy (non-hydrogen) atoms. The Morgan fingerprint density at radius 2 is 2.05 bits per heavy atom. The molecule has 0 spiro atoms. The SMILES string of the molecule is CCOc1cc(N)c(Cl)cc1C(=O)NC[C@@H]1CN(CCCCC(=O)OC2CCCC3CCN3C2)CCO1. The molecule has 3 N–H and O–H groups in total. The first kappa shape index (κ1) is 28.0. The van der Waals surface area contributed by atoms with Crippen molar-refractivity contribution in [2.75, 3.05) is 58.2 Å². The van der Waals surface area contributed by atoms with Crippen LogP contribution in [0.4, 0.5) is 5.69 Å². The first-order valence-electron chi connectivity index (χ1n) is 13.7. The fourth-order valence-electron chi connectivity index (χ4n) is 5.37. The zero-order valence-corrected chi connectivity index (χ0v) is 22.6. The lowest BCUT2D eigenvalue weighted by molar-refractivity contribution is -0.150. The van der Waals surface area contributed by atoms with E-state index in [0.29, 0.717) is 48.2 Å². The van der Waals surface area contributed by atoms with Gasteiger partial charge in [-0.1, -0.05) is 11.6 Å². The van der Waals surface area contributed by atoms with E-state index in [4.69, 9.17) is 31.5 Å². The first-order chi connectivity index (χ1) is 17.9. The highest BCUT2D eigenvalue weighted by Gasteiger charge is 2.33. The Balaban J connectivity index is 1.13. The van der Waals surface area contributed by atoms with Gasteiger partial charge in [-0.3, -0.25) is 19.4 Å². The van der Waals surface area contributed by atoms with Crippen LogP contribution in [0.5, 0.6) is 5.75 Å². The number of benzene rings is 1. The number of unbranched alkanes of at least 4 members (excludes halogenated alkanes) is 1. The van der Waals surface area contributed by atoms with Gasteiger partial charge in [0.15, 0.2) is 0 Å². The fraction of sp³-hybridized carbons (Fsp3) is 0.704. The normalized spacial score (nSPS) is 24.4. The van der Waals surface area contributed by atoms with Crippen LogP contribution in [0.2, 0.25) is 5.02 Å². The second-order valence-electron chi connectivity index (χ2n) is 10.2. The lowest BCUT2D eigenvalue weighted by Crippen LogP contribution is -2.49. The zero-order chi connectivity index (χ0) is 26.2. The highest BCUT2D eigenvalue weighted by molar-refractivity contribution is 6.33. The molecule has 3 heterocycles. The Hall–Kier alpha value is -2.07. The van der Waals surface area contributed by atoms with E-state index in [-0.39, 0.29) is 24.1 Å². The fourth-order valence-corrected chi connectivity index (χ4v) is 5.54. The summed E-state index contributed by atoms with van der Waals surface area (Å²) < 4.78 is 17.2. The molecule has 1 aromatic rings. The van der Waals surface area contributed by atoms with Gasteiger partial charge in [-0.15, -0.1) is 0 Å². The van der Waals surface area contributed by atoms with Crippen LogP contribution in [0.1, 0.15) is 62.2 Å². The second kappa shape index (κ2) is 13.6. The quantitative estimate of drug-likeness (QED) is 0.252. The number of rotatable bonds is 11. The van der Waals surface area contributed by atoms with Gasteiger partial charge in [-0.05, 0) is 58.1 Å². The molecular formula is C27H41ClN4O5. The summed E-state index contributed by atoms with van der Waals surface area (Å²) in [5.41, 5.74) is 6.58. The van der Waals surface area contributed by atoms with Gasteiger partial charge in [0.2, 0.25) is 0 Å². The van der Waals surface area contributed by atoms with E-state index < -0.39 is 0 Å². The molecule has 0 bridgehead atoms. The minimum absolute atomic E-state index is 0.0573. The summed E-state index contributed by atoms with van der Waals surface area (Å²) in [5.74, 6) is 0.0685. The van der Waals surface area contributed by atoms with Crippen molar-refractivity contribution in [1.29, 1.82) is 0 Å². The first-order valence-corrected chi connectivity index (χ1v) is 14.1. The minimum atomic E-state index is -0.275. The van der Waals surface area contributed by atoms with E-state index in [1.807, 2.05) is 6.92 Å². The molecule has 3 fully saturated rings. The van der Waals surface area contributed by atoms with Crippen LogP contribution in [0, 0.1) is 0 Å². The minimum Gasteiger partial charge on any atom is -0.493 e. The molecule has 1 aromatic carbocycles. The van der Waals surface area contributed by atoms with E-state index in [0.717, 1.165) is 64.4 Å². The lowest BCUT2D eigenvalue weighted by Gasteiger charge is -2.40. The third kappa shape index (κ3) is 7.96. The van der Waals surface area contributed by atoms with Crippen molar-refractivity contribution in [3.8, 4) is 5.75 Å². The number of esters is 1. The van der Waals surface area contributed by atoms with Gasteiger partial charge in [-0.25, -0.2) is 0 Å². The zero-order valence-electron chi connectivity index (χ0n) is 21.9. The standard InChI is InChI=1S/C27H41ClN4O5/c1-2-35-25-15-24(29)23(28)14-22(25)27(34)30-16-21-17-31(12-13-36-21)10-4-3-8-26(33)37-20-7-5-6-19-9-11-32(19)18-20/h14-15,19-21H,2-13,16-18,29H2,1H3,(H,30,34)/t19?,20?,21-/m1/s1. The number of anilines is 1. The van der Waals surface area contributed by atoms with Crippen molar-refractivity contribution in [3.63, 3.8) is 0 Å². The van der Waals surface area contributed by atoms with E-state index in [1.54, 1.807) is 6.07 Å². The molecule has 2 unspecified atom stereocenters. The molecule has 3 atom stereocenters. The largest absolute Gasteiger partial charge is 0.493 e. The summed E-state index contributed by atoms with van der Waals surface area (Å²) in [4.78, 5) is 29.9. The summed E-state index contributed by atoms with van der Waals surface area (Å²) in [6, 6.07) is 3.83. The van der Waals surface area contributed by atoms with Crippen LogP contribution < -0.4 is 15.8 Å². The number of halogens is 1. The molecule has 3 saturated heterocycles. The summed E-state index contributed by atoms with van der Waals surface area (Å²) >= 11 is 6.12. The number of carbonyl (C=O) groups excluding carboxylic acids is 2. The Bertz CT molecular complexity index is 932. The van der Waals surface area contributed by atoms with E-state index >= 15 is 0 Å².